The summed E-state index contributed by atoms with van der Waals surface area (Å²) >= 11 is 3.20. The van der Waals surface area contributed by atoms with Crippen molar-refractivity contribution in [2.24, 2.45) is 5.41 Å². The fourth-order valence-corrected chi connectivity index (χ4v) is 2.67. The standard InChI is InChI=1S/C13H13BrN2O3/c14-12-11(18)9-3-1-2-4-10(9)16(15-12)5-13(6-17)7-19-8-13/h1-4,17H,5-8H2. The highest BCUT2D eigenvalue weighted by Gasteiger charge is 2.39. The summed E-state index contributed by atoms with van der Waals surface area (Å²) in [6.45, 7) is 1.61. The van der Waals surface area contributed by atoms with Crippen molar-refractivity contribution in [1.82, 2.24) is 9.78 Å². The van der Waals surface area contributed by atoms with Crippen molar-refractivity contribution < 1.29 is 9.84 Å². The summed E-state index contributed by atoms with van der Waals surface area (Å²) in [5, 5.41) is 14.4. The normalized spacial score (nSPS) is 17.4. The van der Waals surface area contributed by atoms with Gasteiger partial charge in [0.2, 0.25) is 5.43 Å². The molecule has 0 saturated carbocycles. The van der Waals surface area contributed by atoms with Crippen LogP contribution in [0.15, 0.2) is 33.7 Å². The number of fused-ring (bicyclic) bond motifs is 1. The van der Waals surface area contributed by atoms with Crippen LogP contribution >= 0.6 is 15.9 Å². The van der Waals surface area contributed by atoms with Gasteiger partial charge in [-0.15, -0.1) is 0 Å². The molecule has 1 aliphatic heterocycles. The first-order chi connectivity index (χ1) is 9.15. The molecule has 1 saturated heterocycles. The van der Waals surface area contributed by atoms with E-state index in [0.29, 0.717) is 29.7 Å². The number of nitrogens with zero attached hydrogens (tertiary/aromatic N) is 2. The van der Waals surface area contributed by atoms with E-state index in [-0.39, 0.29) is 17.5 Å². The number of aliphatic hydroxyl groups is 1. The van der Waals surface area contributed by atoms with Crippen LogP contribution in [0, 0.1) is 5.41 Å². The van der Waals surface area contributed by atoms with E-state index in [2.05, 4.69) is 21.0 Å². The van der Waals surface area contributed by atoms with Crippen LogP contribution in [0.25, 0.3) is 10.9 Å². The summed E-state index contributed by atoms with van der Waals surface area (Å²) in [5.41, 5.74) is 0.370. The van der Waals surface area contributed by atoms with Crippen LogP contribution in [0.5, 0.6) is 0 Å². The van der Waals surface area contributed by atoms with Crippen molar-refractivity contribution in [1.29, 1.82) is 0 Å². The highest BCUT2D eigenvalue weighted by atomic mass is 79.9. The molecular formula is C13H13BrN2O3. The molecule has 2 aromatic rings. The molecule has 1 aromatic carbocycles. The zero-order valence-corrected chi connectivity index (χ0v) is 11.8. The first-order valence-electron chi connectivity index (χ1n) is 5.99. The van der Waals surface area contributed by atoms with E-state index in [1.54, 1.807) is 10.7 Å². The van der Waals surface area contributed by atoms with E-state index < -0.39 is 0 Å². The van der Waals surface area contributed by atoms with Crippen LogP contribution in [-0.2, 0) is 11.3 Å². The lowest BCUT2D eigenvalue weighted by Gasteiger charge is -2.40. The van der Waals surface area contributed by atoms with E-state index in [1.807, 2.05) is 18.2 Å². The molecule has 0 unspecified atom stereocenters. The molecule has 19 heavy (non-hydrogen) atoms. The summed E-state index contributed by atoms with van der Waals surface area (Å²) in [6.07, 6.45) is 0. The third-order valence-corrected chi connectivity index (χ3v) is 3.98. The van der Waals surface area contributed by atoms with Crippen LogP contribution in [0.3, 0.4) is 0 Å². The first-order valence-corrected chi connectivity index (χ1v) is 6.78. The van der Waals surface area contributed by atoms with Crippen LogP contribution in [-0.4, -0.2) is 34.7 Å². The van der Waals surface area contributed by atoms with Crippen molar-refractivity contribution in [3.63, 3.8) is 0 Å². The zero-order valence-electron chi connectivity index (χ0n) is 10.2. The van der Waals surface area contributed by atoms with Crippen molar-refractivity contribution in [2.45, 2.75) is 6.54 Å². The van der Waals surface area contributed by atoms with Crippen LogP contribution in [0.1, 0.15) is 0 Å². The van der Waals surface area contributed by atoms with Gasteiger partial charge in [0.1, 0.15) is 0 Å². The van der Waals surface area contributed by atoms with E-state index in [1.165, 1.54) is 0 Å². The Morgan fingerprint density at radius 1 is 1.42 bits per heavy atom. The van der Waals surface area contributed by atoms with Gasteiger partial charge in [-0.1, -0.05) is 12.1 Å². The zero-order chi connectivity index (χ0) is 13.5. The molecule has 0 radical (unpaired) electrons. The Kier molecular flexibility index (Phi) is 3.16. The van der Waals surface area contributed by atoms with Crippen LogP contribution in [0.4, 0.5) is 0 Å². The SMILES string of the molecule is O=c1c(Br)nn(CC2(CO)COC2)c2ccccc12. The maximum absolute atomic E-state index is 12.0. The second kappa shape index (κ2) is 4.70. The molecule has 0 atom stereocenters. The van der Waals surface area contributed by atoms with Gasteiger partial charge in [0.15, 0.2) is 4.60 Å². The van der Waals surface area contributed by atoms with Crippen LogP contribution in [0.2, 0.25) is 0 Å². The molecule has 5 nitrogen and oxygen atoms in total. The second-order valence-electron chi connectivity index (χ2n) is 4.95. The molecule has 0 aliphatic carbocycles. The predicted molar refractivity (Wildman–Crippen MR) is 74.0 cm³/mol. The summed E-state index contributed by atoms with van der Waals surface area (Å²) in [6, 6.07) is 7.34. The van der Waals surface area contributed by atoms with Gasteiger partial charge in [0, 0.05) is 0 Å². The monoisotopic (exact) mass is 324 g/mol. The lowest BCUT2D eigenvalue weighted by atomic mass is 9.87. The fraction of sp³-hybridized carbons (Fsp3) is 0.385. The van der Waals surface area contributed by atoms with E-state index in [4.69, 9.17) is 4.74 Å². The Hall–Kier alpha value is -1.24. The van der Waals surface area contributed by atoms with Crippen LogP contribution < -0.4 is 5.43 Å². The fourth-order valence-electron chi connectivity index (χ4n) is 2.27. The molecule has 0 amide bonds. The average Bonchev–Trinajstić information content (AvgIpc) is 2.39. The Labute approximate surface area is 117 Å². The quantitative estimate of drug-likeness (QED) is 0.920. The number of rotatable bonds is 3. The second-order valence-corrected chi connectivity index (χ2v) is 5.70. The molecule has 1 aliphatic rings. The lowest BCUT2D eigenvalue weighted by molar-refractivity contribution is -0.145. The van der Waals surface area contributed by atoms with Gasteiger partial charge in [-0.05, 0) is 28.1 Å². The van der Waals surface area contributed by atoms with Crippen molar-refractivity contribution in [2.75, 3.05) is 19.8 Å². The van der Waals surface area contributed by atoms with E-state index in [9.17, 15) is 9.90 Å². The third-order valence-electron chi connectivity index (χ3n) is 3.46. The summed E-state index contributed by atoms with van der Waals surface area (Å²) < 4.78 is 7.25. The first kappa shape index (κ1) is 12.8. The van der Waals surface area contributed by atoms with E-state index >= 15 is 0 Å². The van der Waals surface area contributed by atoms with Gasteiger partial charge in [-0.3, -0.25) is 9.48 Å². The summed E-state index contributed by atoms with van der Waals surface area (Å²) in [7, 11) is 0. The minimum Gasteiger partial charge on any atom is -0.396 e. The molecule has 0 bridgehead atoms. The van der Waals surface area contributed by atoms with Gasteiger partial charge in [0.25, 0.3) is 0 Å². The summed E-state index contributed by atoms with van der Waals surface area (Å²) in [5.74, 6) is 0. The van der Waals surface area contributed by atoms with Crippen molar-refractivity contribution >= 4 is 26.8 Å². The number of ether oxygens (including phenoxy) is 1. The number of hydrogen-bond acceptors (Lipinski definition) is 4. The number of hydrogen-bond donors (Lipinski definition) is 1. The molecular weight excluding hydrogens is 312 g/mol. The Bertz CT molecular complexity index is 674. The maximum atomic E-state index is 12.0. The highest BCUT2D eigenvalue weighted by molar-refractivity contribution is 9.10. The minimum atomic E-state index is -0.287. The maximum Gasteiger partial charge on any atom is 0.222 e. The molecule has 0 spiro atoms. The number of para-hydroxylation sites is 1. The van der Waals surface area contributed by atoms with Gasteiger partial charge < -0.3 is 9.84 Å². The van der Waals surface area contributed by atoms with Gasteiger partial charge >= 0.3 is 0 Å². The van der Waals surface area contributed by atoms with Crippen molar-refractivity contribution in [3.8, 4) is 0 Å². The largest absolute Gasteiger partial charge is 0.396 e. The molecule has 1 N–H and O–H groups in total. The highest BCUT2D eigenvalue weighted by Crippen LogP contribution is 2.29. The molecule has 6 heteroatoms. The van der Waals surface area contributed by atoms with E-state index in [0.717, 1.165) is 5.52 Å². The Balaban J connectivity index is 2.13. The smallest absolute Gasteiger partial charge is 0.222 e. The number of benzene rings is 1. The lowest BCUT2D eigenvalue weighted by Crippen LogP contribution is -2.49. The van der Waals surface area contributed by atoms with Gasteiger partial charge in [-0.2, -0.15) is 5.10 Å². The topological polar surface area (TPSA) is 64.4 Å². The third kappa shape index (κ3) is 2.09. The molecule has 100 valence electrons. The van der Waals surface area contributed by atoms with Gasteiger partial charge in [0.05, 0.1) is 42.7 Å². The molecule has 2 heterocycles. The Morgan fingerprint density at radius 2 is 2.16 bits per heavy atom. The number of halogens is 1. The predicted octanol–water partition coefficient (Wildman–Crippen LogP) is 1.17. The molecule has 1 fully saturated rings. The Morgan fingerprint density at radius 3 is 2.79 bits per heavy atom. The average molecular weight is 325 g/mol. The summed E-state index contributed by atoms with van der Waals surface area (Å²) in [4.78, 5) is 12.0. The molecule has 3 rings (SSSR count). The molecule has 1 aromatic heterocycles. The number of aromatic nitrogens is 2. The van der Waals surface area contributed by atoms with Gasteiger partial charge in [-0.25, -0.2) is 0 Å². The minimum absolute atomic E-state index is 0.0484. The van der Waals surface area contributed by atoms with Crippen molar-refractivity contribution in [3.05, 3.63) is 39.1 Å². The number of aliphatic hydroxyl groups excluding tert-OH is 1.